The van der Waals surface area contributed by atoms with Crippen molar-refractivity contribution >= 4 is 22.5 Å². The van der Waals surface area contributed by atoms with E-state index in [1.54, 1.807) is 6.20 Å². The van der Waals surface area contributed by atoms with Crippen molar-refractivity contribution in [1.82, 2.24) is 15.2 Å². The van der Waals surface area contributed by atoms with Crippen LogP contribution in [0.25, 0.3) is 10.9 Å². The highest BCUT2D eigenvalue weighted by Crippen LogP contribution is 2.23. The smallest absolute Gasteiger partial charge is 0.161 e. The van der Waals surface area contributed by atoms with E-state index in [0.717, 1.165) is 28.1 Å². The molecule has 84 valence electrons. The second-order valence-corrected chi connectivity index (χ2v) is 3.91. The van der Waals surface area contributed by atoms with Gasteiger partial charge in [0.05, 0.1) is 5.52 Å². The van der Waals surface area contributed by atoms with E-state index < -0.39 is 0 Å². The minimum Gasteiger partial charge on any atom is -0.323 e. The monoisotopic (exact) mass is 224 g/mol. The van der Waals surface area contributed by atoms with Gasteiger partial charge >= 0.3 is 0 Å². The van der Waals surface area contributed by atoms with Crippen LogP contribution < -0.4 is 5.32 Å². The number of hydrogen-bond acceptors (Lipinski definition) is 3. The molecule has 0 unspecified atom stereocenters. The molecule has 4 nitrogen and oxygen atoms in total. The Kier molecular flexibility index (Phi) is 2.26. The van der Waals surface area contributed by atoms with Crippen LogP contribution in [0.1, 0.15) is 5.56 Å². The van der Waals surface area contributed by atoms with Crippen molar-refractivity contribution in [3.05, 3.63) is 48.2 Å². The van der Waals surface area contributed by atoms with Crippen molar-refractivity contribution in [1.29, 1.82) is 0 Å². The van der Waals surface area contributed by atoms with E-state index in [1.165, 1.54) is 0 Å². The molecule has 0 saturated carbocycles. The number of aromatic nitrogens is 3. The van der Waals surface area contributed by atoms with Gasteiger partial charge in [0, 0.05) is 11.6 Å². The van der Waals surface area contributed by atoms with Crippen LogP contribution in [0.3, 0.4) is 0 Å². The Morgan fingerprint density at radius 1 is 1.06 bits per heavy atom. The van der Waals surface area contributed by atoms with E-state index in [1.807, 2.05) is 43.3 Å². The van der Waals surface area contributed by atoms with Gasteiger partial charge in [0.25, 0.3) is 0 Å². The molecule has 0 aliphatic heterocycles. The molecule has 0 atom stereocenters. The SMILES string of the molecule is Cc1cccnc1Nc1n[nH]c2ccccc12. The Bertz CT molecular complexity index is 657. The standard InChI is InChI=1S/C13H12N4/c1-9-5-4-8-14-12(9)15-13-10-6-2-3-7-11(10)16-17-13/h2-8H,1H3,(H2,14,15,16,17). The molecule has 0 fully saturated rings. The number of H-pyrrole nitrogens is 1. The fourth-order valence-corrected chi connectivity index (χ4v) is 1.79. The summed E-state index contributed by atoms with van der Waals surface area (Å²) >= 11 is 0. The highest BCUT2D eigenvalue weighted by molar-refractivity contribution is 5.91. The third-order valence-electron chi connectivity index (χ3n) is 2.72. The van der Waals surface area contributed by atoms with Crippen molar-refractivity contribution in [3.63, 3.8) is 0 Å². The first-order chi connectivity index (χ1) is 8.34. The molecule has 0 aliphatic rings. The molecule has 0 saturated heterocycles. The predicted octanol–water partition coefficient (Wildman–Crippen LogP) is 3.01. The molecular formula is C13H12N4. The maximum absolute atomic E-state index is 4.29. The Morgan fingerprint density at radius 2 is 1.94 bits per heavy atom. The van der Waals surface area contributed by atoms with Crippen LogP contribution in [-0.2, 0) is 0 Å². The van der Waals surface area contributed by atoms with Crippen molar-refractivity contribution in [2.75, 3.05) is 5.32 Å². The lowest BCUT2D eigenvalue weighted by Crippen LogP contribution is -1.96. The van der Waals surface area contributed by atoms with Gasteiger partial charge < -0.3 is 5.32 Å². The number of para-hydroxylation sites is 1. The predicted molar refractivity (Wildman–Crippen MR) is 68.4 cm³/mol. The Labute approximate surface area is 98.7 Å². The first-order valence-electron chi connectivity index (χ1n) is 5.46. The Balaban J connectivity index is 2.03. The third kappa shape index (κ3) is 1.73. The first kappa shape index (κ1) is 9.84. The molecule has 2 aromatic heterocycles. The van der Waals surface area contributed by atoms with Crippen LogP contribution in [-0.4, -0.2) is 15.2 Å². The van der Waals surface area contributed by atoms with E-state index in [2.05, 4.69) is 20.5 Å². The fraction of sp³-hybridized carbons (Fsp3) is 0.0769. The van der Waals surface area contributed by atoms with Gasteiger partial charge in [-0.3, -0.25) is 5.10 Å². The number of aromatic amines is 1. The lowest BCUT2D eigenvalue weighted by Gasteiger charge is -2.05. The van der Waals surface area contributed by atoms with Gasteiger partial charge in [0.1, 0.15) is 5.82 Å². The number of aryl methyl sites for hydroxylation is 1. The van der Waals surface area contributed by atoms with E-state index in [4.69, 9.17) is 0 Å². The molecule has 0 amide bonds. The molecule has 0 aliphatic carbocycles. The molecule has 17 heavy (non-hydrogen) atoms. The zero-order valence-corrected chi connectivity index (χ0v) is 9.44. The number of rotatable bonds is 2. The van der Waals surface area contributed by atoms with Gasteiger partial charge in [-0.2, -0.15) is 5.10 Å². The van der Waals surface area contributed by atoms with Crippen LogP contribution in [0.2, 0.25) is 0 Å². The number of nitrogens with one attached hydrogen (secondary N) is 2. The molecule has 3 aromatic rings. The maximum atomic E-state index is 4.29. The molecular weight excluding hydrogens is 212 g/mol. The number of hydrogen-bond donors (Lipinski definition) is 2. The second-order valence-electron chi connectivity index (χ2n) is 3.91. The molecule has 3 rings (SSSR count). The van der Waals surface area contributed by atoms with E-state index >= 15 is 0 Å². The zero-order chi connectivity index (χ0) is 11.7. The van der Waals surface area contributed by atoms with E-state index in [9.17, 15) is 0 Å². The average molecular weight is 224 g/mol. The summed E-state index contributed by atoms with van der Waals surface area (Å²) in [6.45, 7) is 2.02. The summed E-state index contributed by atoms with van der Waals surface area (Å²) in [5.41, 5.74) is 2.11. The molecule has 0 bridgehead atoms. The molecule has 0 spiro atoms. The fourth-order valence-electron chi connectivity index (χ4n) is 1.79. The van der Waals surface area contributed by atoms with E-state index in [-0.39, 0.29) is 0 Å². The van der Waals surface area contributed by atoms with Crippen molar-refractivity contribution in [2.45, 2.75) is 6.92 Å². The number of nitrogens with zero attached hydrogens (tertiary/aromatic N) is 2. The topological polar surface area (TPSA) is 53.6 Å². The zero-order valence-electron chi connectivity index (χ0n) is 9.44. The highest BCUT2D eigenvalue weighted by Gasteiger charge is 2.06. The van der Waals surface area contributed by atoms with E-state index in [0.29, 0.717) is 0 Å². The van der Waals surface area contributed by atoms with Crippen LogP contribution in [0.5, 0.6) is 0 Å². The van der Waals surface area contributed by atoms with Gasteiger partial charge in [-0.25, -0.2) is 4.98 Å². The molecule has 0 radical (unpaired) electrons. The summed E-state index contributed by atoms with van der Waals surface area (Å²) in [5.74, 6) is 1.65. The third-order valence-corrected chi connectivity index (χ3v) is 2.72. The average Bonchev–Trinajstić information content (AvgIpc) is 2.76. The van der Waals surface area contributed by atoms with Gasteiger partial charge in [0.15, 0.2) is 5.82 Å². The quantitative estimate of drug-likeness (QED) is 0.703. The number of benzene rings is 1. The first-order valence-corrected chi connectivity index (χ1v) is 5.46. The molecule has 4 heteroatoms. The summed E-state index contributed by atoms with van der Waals surface area (Å²) in [7, 11) is 0. The summed E-state index contributed by atoms with van der Waals surface area (Å²) < 4.78 is 0. The summed E-state index contributed by atoms with van der Waals surface area (Å²) in [6, 6.07) is 11.9. The van der Waals surface area contributed by atoms with Gasteiger partial charge in [0.2, 0.25) is 0 Å². The van der Waals surface area contributed by atoms with Crippen molar-refractivity contribution in [2.24, 2.45) is 0 Å². The van der Waals surface area contributed by atoms with Gasteiger partial charge in [-0.1, -0.05) is 18.2 Å². The van der Waals surface area contributed by atoms with Gasteiger partial charge in [-0.15, -0.1) is 0 Å². The Morgan fingerprint density at radius 3 is 2.82 bits per heavy atom. The second kappa shape index (κ2) is 3.90. The Hall–Kier alpha value is -2.36. The normalized spacial score (nSPS) is 10.6. The van der Waals surface area contributed by atoms with Crippen molar-refractivity contribution in [3.8, 4) is 0 Å². The van der Waals surface area contributed by atoms with Crippen LogP contribution in [0.4, 0.5) is 11.6 Å². The summed E-state index contributed by atoms with van der Waals surface area (Å²) in [5, 5.41) is 11.6. The van der Waals surface area contributed by atoms with Crippen LogP contribution >= 0.6 is 0 Å². The molecule has 2 heterocycles. The highest BCUT2D eigenvalue weighted by atomic mass is 15.2. The molecule has 1 aromatic carbocycles. The minimum absolute atomic E-state index is 0.808. The number of fused-ring (bicyclic) bond motifs is 1. The lowest BCUT2D eigenvalue weighted by atomic mass is 10.2. The largest absolute Gasteiger partial charge is 0.323 e. The number of pyridine rings is 1. The number of anilines is 2. The minimum atomic E-state index is 0.808. The summed E-state index contributed by atoms with van der Waals surface area (Å²) in [6.07, 6.45) is 1.77. The van der Waals surface area contributed by atoms with Gasteiger partial charge in [-0.05, 0) is 30.7 Å². The van der Waals surface area contributed by atoms with Crippen LogP contribution in [0, 0.1) is 6.92 Å². The van der Waals surface area contributed by atoms with Crippen LogP contribution in [0.15, 0.2) is 42.6 Å². The maximum Gasteiger partial charge on any atom is 0.161 e. The summed E-state index contributed by atoms with van der Waals surface area (Å²) in [4.78, 5) is 4.29. The lowest BCUT2D eigenvalue weighted by molar-refractivity contribution is 1.11. The molecule has 2 N–H and O–H groups in total. The van der Waals surface area contributed by atoms with Crippen molar-refractivity contribution < 1.29 is 0 Å².